The lowest BCUT2D eigenvalue weighted by atomic mass is 10.1. The van der Waals surface area contributed by atoms with E-state index in [1.165, 1.54) is 5.56 Å². The average molecular weight is 161 g/mol. The molecule has 12 heavy (non-hydrogen) atoms. The molecule has 1 aliphatic rings. The van der Waals surface area contributed by atoms with E-state index in [4.69, 9.17) is 0 Å². The smallest absolute Gasteiger partial charge is 0.163 e. The van der Waals surface area contributed by atoms with Gasteiger partial charge in [-0.15, -0.1) is 0 Å². The zero-order chi connectivity index (χ0) is 8.55. The molecule has 0 radical (unpaired) electrons. The van der Waals surface area contributed by atoms with Crippen molar-refractivity contribution in [3.05, 3.63) is 29.3 Å². The molecule has 0 aliphatic heterocycles. The van der Waals surface area contributed by atoms with Gasteiger partial charge in [0.05, 0.1) is 0 Å². The first-order chi connectivity index (χ1) is 5.81. The molecule has 0 saturated heterocycles. The number of hydrogen-bond donors (Lipinski definition) is 1. The summed E-state index contributed by atoms with van der Waals surface area (Å²) < 4.78 is 0. The van der Waals surface area contributed by atoms with E-state index in [0.29, 0.717) is 6.42 Å². The van der Waals surface area contributed by atoms with Crippen LogP contribution in [0.4, 0.5) is 5.69 Å². The molecule has 0 unspecified atom stereocenters. The van der Waals surface area contributed by atoms with Crippen LogP contribution >= 0.6 is 0 Å². The van der Waals surface area contributed by atoms with Crippen LogP contribution in [0.5, 0.6) is 0 Å². The van der Waals surface area contributed by atoms with Crippen LogP contribution in [0.25, 0.3) is 0 Å². The van der Waals surface area contributed by atoms with Crippen molar-refractivity contribution in [3.63, 3.8) is 0 Å². The molecule has 0 aromatic heterocycles. The second kappa shape index (κ2) is 2.63. The summed E-state index contributed by atoms with van der Waals surface area (Å²) in [6.07, 6.45) is 1.60. The molecule has 0 bridgehead atoms. The Bertz CT molecular complexity index is 331. The molecule has 2 heteroatoms. The van der Waals surface area contributed by atoms with Gasteiger partial charge in [-0.2, -0.15) is 0 Å². The molecule has 1 aliphatic carbocycles. The van der Waals surface area contributed by atoms with Gasteiger partial charge in [0.25, 0.3) is 0 Å². The number of anilines is 1. The Labute approximate surface area is 71.6 Å². The van der Waals surface area contributed by atoms with E-state index in [1.807, 2.05) is 25.2 Å². The van der Waals surface area contributed by atoms with Crippen molar-refractivity contribution < 1.29 is 4.79 Å². The molecule has 0 saturated carbocycles. The van der Waals surface area contributed by atoms with Gasteiger partial charge >= 0.3 is 0 Å². The third-order valence-corrected chi connectivity index (χ3v) is 2.32. The van der Waals surface area contributed by atoms with Gasteiger partial charge in [0.15, 0.2) is 5.78 Å². The third kappa shape index (κ3) is 0.998. The molecule has 0 fully saturated rings. The fraction of sp³-hybridized carbons (Fsp3) is 0.300. The lowest BCUT2D eigenvalue weighted by Crippen LogP contribution is -1.94. The Kier molecular flexibility index (Phi) is 1.61. The van der Waals surface area contributed by atoms with E-state index >= 15 is 0 Å². The highest BCUT2D eigenvalue weighted by molar-refractivity contribution is 6.01. The van der Waals surface area contributed by atoms with Crippen molar-refractivity contribution in [2.45, 2.75) is 12.8 Å². The summed E-state index contributed by atoms with van der Waals surface area (Å²) in [4.78, 5) is 11.3. The summed E-state index contributed by atoms with van der Waals surface area (Å²) in [5, 5.41) is 3.02. The van der Waals surface area contributed by atoms with Gasteiger partial charge in [0, 0.05) is 24.7 Å². The highest BCUT2D eigenvalue weighted by Crippen LogP contribution is 2.24. The molecule has 0 heterocycles. The number of aryl methyl sites for hydroxylation is 1. The summed E-state index contributed by atoms with van der Waals surface area (Å²) >= 11 is 0. The Morgan fingerprint density at radius 3 is 2.92 bits per heavy atom. The van der Waals surface area contributed by atoms with Crippen molar-refractivity contribution >= 4 is 11.5 Å². The van der Waals surface area contributed by atoms with Gasteiger partial charge in [-0.3, -0.25) is 4.79 Å². The molecule has 0 atom stereocenters. The average Bonchev–Trinajstić information content (AvgIpc) is 2.47. The number of rotatable bonds is 1. The maximum atomic E-state index is 11.3. The number of hydrogen-bond acceptors (Lipinski definition) is 2. The standard InChI is InChI=1S/C10H11NO/c1-11-8-4-2-7-3-5-10(12)9(7)6-8/h2,4,6,11H,3,5H2,1H3. The minimum atomic E-state index is 0.280. The molecule has 62 valence electrons. The third-order valence-electron chi connectivity index (χ3n) is 2.32. The first-order valence-electron chi connectivity index (χ1n) is 4.15. The van der Waals surface area contributed by atoms with Gasteiger partial charge in [-0.25, -0.2) is 0 Å². The van der Waals surface area contributed by atoms with E-state index in [1.54, 1.807) is 0 Å². The summed E-state index contributed by atoms with van der Waals surface area (Å²) in [5.41, 5.74) is 3.12. The largest absolute Gasteiger partial charge is 0.388 e. The summed E-state index contributed by atoms with van der Waals surface area (Å²) in [6.45, 7) is 0. The van der Waals surface area contributed by atoms with Crippen LogP contribution in [0.1, 0.15) is 22.3 Å². The topological polar surface area (TPSA) is 29.1 Å². The van der Waals surface area contributed by atoms with Crippen LogP contribution < -0.4 is 5.32 Å². The van der Waals surface area contributed by atoms with E-state index in [0.717, 1.165) is 17.7 Å². The van der Waals surface area contributed by atoms with Crippen LogP contribution in [-0.2, 0) is 6.42 Å². The van der Waals surface area contributed by atoms with Crippen molar-refractivity contribution in [2.24, 2.45) is 0 Å². The molecule has 0 amide bonds. The number of fused-ring (bicyclic) bond motifs is 1. The lowest BCUT2D eigenvalue weighted by Gasteiger charge is -2.01. The molecular formula is C10H11NO. The number of Topliss-reactive ketones (excluding diaryl/α,β-unsaturated/α-hetero) is 1. The SMILES string of the molecule is CNc1ccc2c(c1)C(=O)CC2. The van der Waals surface area contributed by atoms with E-state index in [2.05, 4.69) is 5.32 Å². The Morgan fingerprint density at radius 2 is 2.17 bits per heavy atom. The fourth-order valence-corrected chi connectivity index (χ4v) is 1.59. The molecule has 2 rings (SSSR count). The molecule has 2 nitrogen and oxygen atoms in total. The molecule has 1 aromatic rings. The Morgan fingerprint density at radius 1 is 1.33 bits per heavy atom. The highest BCUT2D eigenvalue weighted by Gasteiger charge is 2.18. The Balaban J connectivity index is 2.50. The maximum absolute atomic E-state index is 11.3. The van der Waals surface area contributed by atoms with E-state index in [9.17, 15) is 4.79 Å². The number of benzene rings is 1. The van der Waals surface area contributed by atoms with E-state index < -0.39 is 0 Å². The zero-order valence-electron chi connectivity index (χ0n) is 7.05. The van der Waals surface area contributed by atoms with Crippen LogP contribution in [0.2, 0.25) is 0 Å². The summed E-state index contributed by atoms with van der Waals surface area (Å²) in [5.74, 6) is 0.280. The normalized spacial score (nSPS) is 14.6. The van der Waals surface area contributed by atoms with Gasteiger partial charge in [0.1, 0.15) is 0 Å². The first kappa shape index (κ1) is 7.35. The first-order valence-corrected chi connectivity index (χ1v) is 4.15. The van der Waals surface area contributed by atoms with Gasteiger partial charge in [-0.05, 0) is 24.1 Å². The number of carbonyl (C=O) groups is 1. The fourth-order valence-electron chi connectivity index (χ4n) is 1.59. The second-order valence-electron chi connectivity index (χ2n) is 3.05. The lowest BCUT2D eigenvalue weighted by molar-refractivity contribution is 0.0994. The van der Waals surface area contributed by atoms with Crippen LogP contribution in [-0.4, -0.2) is 12.8 Å². The zero-order valence-corrected chi connectivity index (χ0v) is 7.05. The second-order valence-corrected chi connectivity index (χ2v) is 3.05. The summed E-state index contributed by atoms with van der Waals surface area (Å²) in [6, 6.07) is 5.98. The quantitative estimate of drug-likeness (QED) is 0.681. The molecule has 1 N–H and O–H groups in total. The summed E-state index contributed by atoms with van der Waals surface area (Å²) in [7, 11) is 1.86. The van der Waals surface area contributed by atoms with Crippen molar-refractivity contribution in [1.82, 2.24) is 0 Å². The number of carbonyl (C=O) groups excluding carboxylic acids is 1. The Hall–Kier alpha value is -1.31. The monoisotopic (exact) mass is 161 g/mol. The predicted octanol–water partition coefficient (Wildman–Crippen LogP) is 1.86. The van der Waals surface area contributed by atoms with Crippen LogP contribution in [0.15, 0.2) is 18.2 Å². The molecule has 1 aromatic carbocycles. The van der Waals surface area contributed by atoms with Crippen molar-refractivity contribution in [1.29, 1.82) is 0 Å². The predicted molar refractivity (Wildman–Crippen MR) is 48.6 cm³/mol. The van der Waals surface area contributed by atoms with Crippen LogP contribution in [0, 0.1) is 0 Å². The van der Waals surface area contributed by atoms with Crippen LogP contribution in [0.3, 0.4) is 0 Å². The number of ketones is 1. The van der Waals surface area contributed by atoms with Crippen molar-refractivity contribution in [2.75, 3.05) is 12.4 Å². The van der Waals surface area contributed by atoms with Gasteiger partial charge in [-0.1, -0.05) is 6.07 Å². The van der Waals surface area contributed by atoms with Gasteiger partial charge < -0.3 is 5.32 Å². The van der Waals surface area contributed by atoms with Crippen molar-refractivity contribution in [3.8, 4) is 0 Å². The minimum Gasteiger partial charge on any atom is -0.388 e. The van der Waals surface area contributed by atoms with Gasteiger partial charge in [0.2, 0.25) is 0 Å². The maximum Gasteiger partial charge on any atom is 0.163 e. The molecular weight excluding hydrogens is 150 g/mol. The molecule has 0 spiro atoms. The number of nitrogens with one attached hydrogen (secondary N) is 1. The minimum absolute atomic E-state index is 0.280. The highest BCUT2D eigenvalue weighted by atomic mass is 16.1. The van der Waals surface area contributed by atoms with E-state index in [-0.39, 0.29) is 5.78 Å².